The van der Waals surface area contributed by atoms with E-state index in [1.807, 2.05) is 74.5 Å². The number of thioether (sulfide) groups is 1. The van der Waals surface area contributed by atoms with Crippen molar-refractivity contribution in [2.45, 2.75) is 50.4 Å². The fourth-order valence-corrected chi connectivity index (χ4v) is 8.80. The summed E-state index contributed by atoms with van der Waals surface area (Å²) < 4.78 is 1.45. The summed E-state index contributed by atoms with van der Waals surface area (Å²) >= 11 is 2.28. The molecule has 0 radical (unpaired) electrons. The fraction of sp³-hybridized carbons (Fsp3) is 0.294. The van der Waals surface area contributed by atoms with Gasteiger partial charge in [-0.05, 0) is 69.7 Å². The number of hydrogen-bond donors (Lipinski definition) is 1. The Kier molecular flexibility index (Phi) is 8.22. The number of carbonyl (C=O) groups excluding carboxylic acids is 3. The van der Waals surface area contributed by atoms with Crippen LogP contribution in [0.15, 0.2) is 82.6 Å². The van der Waals surface area contributed by atoms with Crippen molar-refractivity contribution < 1.29 is 14.4 Å². The highest BCUT2D eigenvalue weighted by Crippen LogP contribution is 2.54. The third kappa shape index (κ3) is 5.37. The number of aromatic nitrogens is 1. The van der Waals surface area contributed by atoms with Crippen molar-refractivity contribution >= 4 is 57.9 Å². The zero-order valence-electron chi connectivity index (χ0n) is 25.1. The Balaban J connectivity index is 1.41. The quantitative estimate of drug-likeness (QED) is 0.249. The molecule has 1 saturated heterocycles. The summed E-state index contributed by atoms with van der Waals surface area (Å²) in [6.45, 7) is 9.65. The van der Waals surface area contributed by atoms with Crippen LogP contribution in [0.5, 0.6) is 0 Å². The molecular weight excluding hydrogens is 593 g/mol. The molecular formula is C34H34N4O4S2. The molecule has 3 atom stereocenters. The third-order valence-electron chi connectivity index (χ3n) is 8.36. The van der Waals surface area contributed by atoms with E-state index in [9.17, 15) is 19.2 Å². The lowest BCUT2D eigenvalue weighted by Gasteiger charge is -2.31. The van der Waals surface area contributed by atoms with Crippen LogP contribution in [0.4, 0.5) is 17.1 Å². The number of carbonyl (C=O) groups is 3. The summed E-state index contributed by atoms with van der Waals surface area (Å²) in [6, 6.07) is 22.9. The molecule has 3 aromatic carbocycles. The topological polar surface area (TPSA) is 91.7 Å². The Morgan fingerprint density at radius 1 is 0.841 bits per heavy atom. The molecule has 0 spiro atoms. The lowest BCUT2D eigenvalue weighted by molar-refractivity contribution is -0.122. The molecule has 1 N–H and O–H groups in total. The normalized spacial score (nSPS) is 19.1. The van der Waals surface area contributed by atoms with Crippen LogP contribution in [0.2, 0.25) is 0 Å². The van der Waals surface area contributed by atoms with Gasteiger partial charge >= 0.3 is 4.87 Å². The standard InChI is InChI=1S/C34H34N4O4S2/c1-5-36(6-2)24-17-11-22(12-18-24)27-28-29(32(41)38(31(28)40)25-15-9-21(4)10-16-25)43-33-30(27)44-34(42)37(33)19-26(39)35-23-13-7-20(3)8-14-23/h7-18,27-29H,5-6,19H2,1-4H3,(H,35,39)/t27-,28-,29+/m0/s1. The summed E-state index contributed by atoms with van der Waals surface area (Å²) in [5.41, 5.74) is 5.21. The average molecular weight is 627 g/mol. The molecule has 0 aliphatic carbocycles. The zero-order chi connectivity index (χ0) is 31.1. The first-order valence-corrected chi connectivity index (χ1v) is 16.5. The molecule has 2 aliphatic heterocycles. The van der Waals surface area contributed by atoms with E-state index in [0.29, 0.717) is 21.3 Å². The minimum atomic E-state index is -0.732. The van der Waals surface area contributed by atoms with E-state index in [1.54, 1.807) is 12.1 Å². The number of nitrogens with zero attached hydrogens (tertiary/aromatic N) is 3. The van der Waals surface area contributed by atoms with Crippen LogP contribution in [0, 0.1) is 19.8 Å². The minimum Gasteiger partial charge on any atom is -0.372 e. The first kappa shape index (κ1) is 29.9. The van der Waals surface area contributed by atoms with Gasteiger partial charge in [-0.15, -0.1) is 0 Å². The second-order valence-electron chi connectivity index (χ2n) is 11.2. The van der Waals surface area contributed by atoms with Crippen LogP contribution in [0.1, 0.15) is 41.3 Å². The maximum Gasteiger partial charge on any atom is 0.308 e. The summed E-state index contributed by atoms with van der Waals surface area (Å²) in [5, 5.41) is 2.71. The van der Waals surface area contributed by atoms with E-state index >= 15 is 0 Å². The predicted octanol–water partition coefficient (Wildman–Crippen LogP) is 5.81. The van der Waals surface area contributed by atoms with Gasteiger partial charge in [-0.2, -0.15) is 0 Å². The summed E-state index contributed by atoms with van der Waals surface area (Å²) in [7, 11) is 0. The van der Waals surface area contributed by atoms with E-state index in [1.165, 1.54) is 21.2 Å². The Morgan fingerprint density at radius 2 is 1.45 bits per heavy atom. The molecule has 8 nitrogen and oxygen atoms in total. The van der Waals surface area contributed by atoms with Crippen LogP contribution in [-0.2, 0) is 20.9 Å². The van der Waals surface area contributed by atoms with E-state index < -0.39 is 17.1 Å². The van der Waals surface area contributed by atoms with E-state index in [-0.39, 0.29) is 29.1 Å². The Bertz CT molecular complexity index is 1770. The number of hydrogen-bond acceptors (Lipinski definition) is 7. The zero-order valence-corrected chi connectivity index (χ0v) is 26.7. The highest BCUT2D eigenvalue weighted by atomic mass is 32.2. The largest absolute Gasteiger partial charge is 0.372 e. The summed E-state index contributed by atoms with van der Waals surface area (Å²) in [5.74, 6) is -2.11. The van der Waals surface area contributed by atoms with Crippen molar-refractivity contribution in [3.05, 3.63) is 104 Å². The molecule has 2 aliphatic rings. The number of aryl methyl sites for hydroxylation is 2. The third-order valence-corrected chi connectivity index (χ3v) is 11.0. The summed E-state index contributed by atoms with van der Waals surface area (Å²) in [6.07, 6.45) is 0. The van der Waals surface area contributed by atoms with Gasteiger partial charge in [0.2, 0.25) is 17.7 Å². The first-order valence-electron chi connectivity index (χ1n) is 14.8. The molecule has 6 rings (SSSR count). The maximum atomic E-state index is 14.1. The molecule has 0 bridgehead atoms. The Morgan fingerprint density at radius 3 is 2.07 bits per heavy atom. The molecule has 1 fully saturated rings. The van der Waals surface area contributed by atoms with E-state index in [4.69, 9.17) is 0 Å². The molecule has 1 aromatic heterocycles. The van der Waals surface area contributed by atoms with Gasteiger partial charge in [-0.3, -0.25) is 23.7 Å². The highest BCUT2D eigenvalue weighted by Gasteiger charge is 2.56. The van der Waals surface area contributed by atoms with Crippen molar-refractivity contribution in [3.8, 4) is 0 Å². The fourth-order valence-electron chi connectivity index (χ4n) is 6.03. The van der Waals surface area contributed by atoms with Crippen LogP contribution in [0.3, 0.4) is 0 Å². The van der Waals surface area contributed by atoms with Crippen molar-refractivity contribution in [2.75, 3.05) is 28.2 Å². The Labute approximate surface area is 264 Å². The number of fused-ring (bicyclic) bond motifs is 2. The smallest absolute Gasteiger partial charge is 0.308 e. The van der Waals surface area contributed by atoms with Gasteiger partial charge in [0.05, 0.1) is 16.6 Å². The van der Waals surface area contributed by atoms with Crippen LogP contribution >= 0.6 is 23.1 Å². The number of rotatable bonds is 8. The lowest BCUT2D eigenvalue weighted by atomic mass is 9.83. The van der Waals surface area contributed by atoms with E-state index in [2.05, 4.69) is 24.1 Å². The maximum absolute atomic E-state index is 14.1. The average Bonchev–Trinajstić information content (AvgIpc) is 3.46. The number of anilines is 3. The van der Waals surface area contributed by atoms with Gasteiger partial charge in [-0.1, -0.05) is 70.6 Å². The molecule has 3 amide bonds. The molecule has 226 valence electrons. The second kappa shape index (κ2) is 12.1. The highest BCUT2D eigenvalue weighted by molar-refractivity contribution is 8.00. The van der Waals surface area contributed by atoms with Gasteiger partial charge in [0.1, 0.15) is 11.8 Å². The van der Waals surface area contributed by atoms with Gasteiger partial charge in [0.15, 0.2) is 0 Å². The molecule has 10 heteroatoms. The van der Waals surface area contributed by atoms with Crippen LogP contribution in [-0.4, -0.2) is 40.6 Å². The second-order valence-corrected chi connectivity index (χ2v) is 13.3. The number of amides is 3. The molecule has 44 heavy (non-hydrogen) atoms. The number of benzene rings is 3. The molecule has 0 unspecified atom stereocenters. The first-order chi connectivity index (χ1) is 21.2. The summed E-state index contributed by atoms with van der Waals surface area (Å²) in [4.78, 5) is 58.6. The molecule has 3 heterocycles. The van der Waals surface area contributed by atoms with Gasteiger partial charge < -0.3 is 10.2 Å². The molecule has 4 aromatic rings. The van der Waals surface area contributed by atoms with E-state index in [0.717, 1.165) is 46.8 Å². The van der Waals surface area contributed by atoms with Crippen molar-refractivity contribution in [1.82, 2.24) is 4.57 Å². The van der Waals surface area contributed by atoms with Crippen molar-refractivity contribution in [1.29, 1.82) is 0 Å². The number of imide groups is 1. The number of thiazole rings is 1. The molecule has 0 saturated carbocycles. The van der Waals surface area contributed by atoms with Crippen LogP contribution < -0.4 is 20.0 Å². The van der Waals surface area contributed by atoms with Crippen LogP contribution in [0.25, 0.3) is 0 Å². The number of nitrogens with one attached hydrogen (secondary N) is 1. The van der Waals surface area contributed by atoms with Gasteiger partial charge in [0.25, 0.3) is 0 Å². The predicted molar refractivity (Wildman–Crippen MR) is 177 cm³/mol. The monoisotopic (exact) mass is 626 g/mol. The lowest BCUT2D eigenvalue weighted by Crippen LogP contribution is -2.33. The Hall–Kier alpha value is -4.15. The van der Waals surface area contributed by atoms with Crippen molar-refractivity contribution in [3.63, 3.8) is 0 Å². The van der Waals surface area contributed by atoms with Gasteiger partial charge in [-0.25, -0.2) is 4.90 Å². The van der Waals surface area contributed by atoms with Crippen molar-refractivity contribution in [2.24, 2.45) is 5.92 Å². The van der Waals surface area contributed by atoms with Gasteiger partial charge in [0, 0.05) is 35.3 Å². The SMILES string of the molecule is CCN(CC)c1ccc([C@@H]2c3sc(=O)n(CC(=O)Nc4ccc(C)cc4)c3S[C@H]3C(=O)N(c4ccc(C)cc4)C(=O)[C@@H]23)cc1. The minimum absolute atomic E-state index is 0.194.